The molecule has 0 saturated heterocycles. The van der Waals surface area contributed by atoms with E-state index in [1.54, 1.807) is 18.1 Å². The van der Waals surface area contributed by atoms with Gasteiger partial charge in [0, 0.05) is 33.4 Å². The predicted molar refractivity (Wildman–Crippen MR) is 117 cm³/mol. The summed E-state index contributed by atoms with van der Waals surface area (Å²) in [5, 5.41) is 1.03. The zero-order valence-electron chi connectivity index (χ0n) is 16.2. The smallest absolute Gasteiger partial charge is 0.255 e. The van der Waals surface area contributed by atoms with E-state index in [-0.39, 0.29) is 11.7 Å². The van der Waals surface area contributed by atoms with Gasteiger partial charge in [0.2, 0.25) is 0 Å². The fourth-order valence-corrected chi connectivity index (χ4v) is 4.53. The molecule has 4 aromatic rings. The summed E-state index contributed by atoms with van der Waals surface area (Å²) in [4.78, 5) is 18.6. The molecule has 0 radical (unpaired) electrons. The van der Waals surface area contributed by atoms with Crippen LogP contribution in [0.4, 0.5) is 4.39 Å². The molecule has 1 aromatic heterocycles. The number of halogens is 2. The largest absolute Gasteiger partial charge is 0.496 e. The molecule has 5 rings (SSSR count). The number of ether oxygens (including phenoxy) is 1. The number of carbonyl (C=O) groups is 1. The maximum atomic E-state index is 14.3. The first-order chi connectivity index (χ1) is 14.5. The summed E-state index contributed by atoms with van der Waals surface area (Å²) >= 11 is 3.45. The number of H-pyrrole nitrogens is 1. The van der Waals surface area contributed by atoms with Crippen molar-refractivity contribution < 1.29 is 13.9 Å². The highest BCUT2D eigenvalue weighted by atomic mass is 79.9. The summed E-state index contributed by atoms with van der Waals surface area (Å²) < 4.78 is 20.7. The van der Waals surface area contributed by atoms with Gasteiger partial charge < -0.3 is 14.6 Å². The van der Waals surface area contributed by atoms with Crippen LogP contribution in [-0.2, 0) is 6.54 Å². The van der Waals surface area contributed by atoms with Gasteiger partial charge in [-0.05, 0) is 53.4 Å². The topological polar surface area (TPSA) is 45.3 Å². The number of methoxy groups -OCH3 is 1. The van der Waals surface area contributed by atoms with E-state index < -0.39 is 6.04 Å². The molecule has 1 aliphatic rings. The minimum absolute atomic E-state index is 0.0960. The number of nitrogens with zero attached hydrogens (tertiary/aromatic N) is 1. The van der Waals surface area contributed by atoms with E-state index in [0.717, 1.165) is 26.6 Å². The van der Waals surface area contributed by atoms with Gasteiger partial charge >= 0.3 is 0 Å². The lowest BCUT2D eigenvalue weighted by Gasteiger charge is -2.29. The third-order valence-electron chi connectivity index (χ3n) is 5.55. The molecule has 0 saturated carbocycles. The Balaban J connectivity index is 1.70. The Morgan fingerprint density at radius 2 is 1.93 bits per heavy atom. The molecule has 4 nitrogen and oxygen atoms in total. The van der Waals surface area contributed by atoms with Crippen LogP contribution in [0.3, 0.4) is 0 Å². The first-order valence-electron chi connectivity index (χ1n) is 9.55. The Kier molecular flexibility index (Phi) is 4.59. The first-order valence-corrected chi connectivity index (χ1v) is 10.3. The van der Waals surface area contributed by atoms with Gasteiger partial charge in [-0.2, -0.15) is 0 Å². The number of aromatic nitrogens is 1. The normalized spacial score (nSPS) is 14.2. The van der Waals surface area contributed by atoms with Gasteiger partial charge in [0.1, 0.15) is 17.6 Å². The van der Waals surface area contributed by atoms with Gasteiger partial charge in [-0.25, -0.2) is 4.39 Å². The molecule has 2 heterocycles. The predicted octanol–water partition coefficient (Wildman–Crippen LogP) is 5.82. The van der Waals surface area contributed by atoms with Crippen molar-refractivity contribution >= 4 is 32.7 Å². The molecule has 150 valence electrons. The highest BCUT2D eigenvalue weighted by Gasteiger charge is 2.36. The second-order valence-corrected chi connectivity index (χ2v) is 8.25. The number of fused-ring (bicyclic) bond motifs is 2. The number of benzene rings is 3. The minimum Gasteiger partial charge on any atom is -0.496 e. The average molecular weight is 465 g/mol. The van der Waals surface area contributed by atoms with E-state index in [4.69, 9.17) is 4.74 Å². The van der Waals surface area contributed by atoms with E-state index in [1.165, 1.54) is 12.1 Å². The highest BCUT2D eigenvalue weighted by Crippen LogP contribution is 2.40. The lowest BCUT2D eigenvalue weighted by molar-refractivity contribution is 0.0726. The highest BCUT2D eigenvalue weighted by molar-refractivity contribution is 9.10. The second-order valence-electron chi connectivity index (χ2n) is 7.34. The van der Waals surface area contributed by atoms with Gasteiger partial charge in [-0.3, -0.25) is 4.79 Å². The van der Waals surface area contributed by atoms with Gasteiger partial charge in [-0.15, -0.1) is 0 Å². The zero-order valence-corrected chi connectivity index (χ0v) is 17.7. The summed E-state index contributed by atoms with van der Waals surface area (Å²) in [6, 6.07) is 19.5. The molecular weight excluding hydrogens is 447 g/mol. The van der Waals surface area contributed by atoms with Crippen LogP contribution in [0.1, 0.15) is 33.2 Å². The maximum absolute atomic E-state index is 14.3. The zero-order chi connectivity index (χ0) is 20.8. The monoisotopic (exact) mass is 464 g/mol. The van der Waals surface area contributed by atoms with Crippen molar-refractivity contribution in [3.05, 3.63) is 99.4 Å². The Morgan fingerprint density at radius 3 is 2.73 bits per heavy atom. The number of amides is 1. The summed E-state index contributed by atoms with van der Waals surface area (Å²) in [7, 11) is 1.55. The van der Waals surface area contributed by atoms with Crippen LogP contribution in [0.5, 0.6) is 5.75 Å². The minimum atomic E-state index is -0.526. The number of para-hydroxylation sites is 1. The number of hydrogen-bond acceptors (Lipinski definition) is 2. The van der Waals surface area contributed by atoms with Crippen molar-refractivity contribution in [3.63, 3.8) is 0 Å². The van der Waals surface area contributed by atoms with Crippen LogP contribution in [0.2, 0.25) is 0 Å². The van der Waals surface area contributed by atoms with Crippen LogP contribution in [0.25, 0.3) is 10.9 Å². The second kappa shape index (κ2) is 7.29. The summed E-state index contributed by atoms with van der Waals surface area (Å²) in [5.41, 5.74) is 3.96. The molecule has 1 N–H and O–H groups in total. The third kappa shape index (κ3) is 3.08. The SMILES string of the molecule is COc1ccc(F)cc1[C@H](c1cc2ccccc2[nH]1)N1Cc2ccc(Br)cc2C1=O. The van der Waals surface area contributed by atoms with Gasteiger partial charge in [0.05, 0.1) is 7.11 Å². The molecule has 1 atom stereocenters. The number of carbonyl (C=O) groups excluding carboxylic acids is 1. The van der Waals surface area contributed by atoms with E-state index in [9.17, 15) is 9.18 Å². The first kappa shape index (κ1) is 18.9. The van der Waals surface area contributed by atoms with Gasteiger partial charge in [0.25, 0.3) is 5.91 Å². The van der Waals surface area contributed by atoms with E-state index in [1.807, 2.05) is 48.5 Å². The molecule has 30 heavy (non-hydrogen) atoms. The van der Waals surface area contributed by atoms with Crippen LogP contribution >= 0.6 is 15.9 Å². The lowest BCUT2D eigenvalue weighted by atomic mass is 10.0. The van der Waals surface area contributed by atoms with E-state index in [2.05, 4.69) is 20.9 Å². The van der Waals surface area contributed by atoms with Crippen LogP contribution in [-0.4, -0.2) is 22.9 Å². The van der Waals surface area contributed by atoms with Crippen molar-refractivity contribution in [1.29, 1.82) is 0 Å². The number of rotatable bonds is 4. The quantitative estimate of drug-likeness (QED) is 0.413. The third-order valence-corrected chi connectivity index (χ3v) is 6.04. The van der Waals surface area contributed by atoms with Crippen LogP contribution in [0, 0.1) is 5.82 Å². The fraction of sp³-hybridized carbons (Fsp3) is 0.125. The van der Waals surface area contributed by atoms with Gasteiger partial charge in [0.15, 0.2) is 0 Å². The summed E-state index contributed by atoms with van der Waals surface area (Å²) in [5.74, 6) is 0.0603. The molecule has 0 fully saturated rings. The Bertz CT molecular complexity index is 1250. The lowest BCUT2D eigenvalue weighted by Crippen LogP contribution is -2.30. The van der Waals surface area contributed by atoms with Crippen molar-refractivity contribution in [1.82, 2.24) is 9.88 Å². The molecule has 1 amide bonds. The molecule has 3 aromatic carbocycles. The van der Waals surface area contributed by atoms with Crippen LogP contribution < -0.4 is 4.74 Å². The molecule has 0 aliphatic carbocycles. The Labute approximate surface area is 181 Å². The fourth-order valence-electron chi connectivity index (χ4n) is 4.17. The molecule has 0 unspecified atom stereocenters. The Morgan fingerprint density at radius 1 is 1.10 bits per heavy atom. The van der Waals surface area contributed by atoms with Crippen molar-refractivity contribution in [2.75, 3.05) is 7.11 Å². The molecule has 0 spiro atoms. The van der Waals surface area contributed by atoms with Crippen molar-refractivity contribution in [3.8, 4) is 5.75 Å². The number of aromatic amines is 1. The number of hydrogen-bond donors (Lipinski definition) is 1. The standard InChI is InChI=1S/C24H18BrFN2O2/c1-30-22-9-8-17(26)12-19(22)23(21-10-14-4-2-3-5-20(14)27-21)28-13-15-6-7-16(25)11-18(15)24(28)29/h2-12,23,27H,13H2,1H3/t23-/m1/s1. The maximum Gasteiger partial charge on any atom is 0.255 e. The van der Waals surface area contributed by atoms with Crippen molar-refractivity contribution in [2.24, 2.45) is 0 Å². The summed E-state index contributed by atoms with van der Waals surface area (Å²) in [6.45, 7) is 0.432. The molecule has 1 aliphatic heterocycles. The average Bonchev–Trinajstić information content (AvgIpc) is 3.30. The van der Waals surface area contributed by atoms with Crippen LogP contribution in [0.15, 0.2) is 71.2 Å². The molecule has 0 bridgehead atoms. The van der Waals surface area contributed by atoms with E-state index in [0.29, 0.717) is 23.4 Å². The molecule has 6 heteroatoms. The summed E-state index contributed by atoms with van der Waals surface area (Å²) in [6.07, 6.45) is 0. The number of nitrogens with one attached hydrogen (secondary N) is 1. The Hall–Kier alpha value is -3.12. The molecular formula is C24H18BrFN2O2. The van der Waals surface area contributed by atoms with Crippen molar-refractivity contribution in [2.45, 2.75) is 12.6 Å². The van der Waals surface area contributed by atoms with Gasteiger partial charge in [-0.1, -0.05) is 40.2 Å². The van der Waals surface area contributed by atoms with E-state index >= 15 is 0 Å².